The van der Waals surface area contributed by atoms with Crippen molar-refractivity contribution in [3.63, 3.8) is 0 Å². The largest absolute Gasteiger partial charge is 0.423 e. The van der Waals surface area contributed by atoms with Gasteiger partial charge in [0.1, 0.15) is 0 Å². The number of halogens is 1. The quantitative estimate of drug-likeness (QED) is 0.918. The molecule has 1 fully saturated rings. The van der Waals surface area contributed by atoms with Gasteiger partial charge in [0.25, 0.3) is 0 Å². The highest BCUT2D eigenvalue weighted by Crippen LogP contribution is 2.41. The third kappa shape index (κ3) is 2.61. The Morgan fingerprint density at radius 3 is 2.70 bits per heavy atom. The second-order valence-corrected chi connectivity index (χ2v) is 5.96. The van der Waals surface area contributed by atoms with Gasteiger partial charge in [-0.3, -0.25) is 0 Å². The zero-order valence-electron chi connectivity index (χ0n) is 13.2. The summed E-state index contributed by atoms with van der Waals surface area (Å²) in [7, 11) is 0. The van der Waals surface area contributed by atoms with Gasteiger partial charge in [0.2, 0.25) is 0 Å². The maximum Gasteiger partial charge on any atom is 0.404 e. The lowest BCUT2D eigenvalue weighted by molar-refractivity contribution is -0.173. The number of hydrogen-bond donors (Lipinski definition) is 1. The molecule has 23 heavy (non-hydrogen) atoms. The van der Waals surface area contributed by atoms with E-state index in [1.54, 1.807) is 12.1 Å². The van der Waals surface area contributed by atoms with Crippen LogP contribution in [0.25, 0.3) is 5.69 Å². The average Bonchev–Trinajstić information content (AvgIpc) is 3.05. The molecule has 1 atom stereocenters. The van der Waals surface area contributed by atoms with E-state index in [9.17, 15) is 4.39 Å². The lowest BCUT2D eigenvalue weighted by Gasteiger charge is -2.27. The Morgan fingerprint density at radius 1 is 1.17 bits per heavy atom. The maximum absolute atomic E-state index is 13.8. The summed E-state index contributed by atoms with van der Waals surface area (Å²) >= 11 is 0. The van der Waals surface area contributed by atoms with Crippen LogP contribution in [0.1, 0.15) is 12.6 Å². The second kappa shape index (κ2) is 5.13. The van der Waals surface area contributed by atoms with Crippen molar-refractivity contribution in [1.29, 1.82) is 0 Å². The van der Waals surface area contributed by atoms with Crippen LogP contribution in [0.15, 0.2) is 24.3 Å². The van der Waals surface area contributed by atoms with Gasteiger partial charge in [-0.2, -0.15) is 9.49 Å². The smallest absolute Gasteiger partial charge is 0.404 e. The first-order valence-electron chi connectivity index (χ1n) is 7.75. The highest BCUT2D eigenvalue weighted by Gasteiger charge is 2.37. The molecule has 7 heteroatoms. The van der Waals surface area contributed by atoms with Gasteiger partial charge >= 0.3 is 6.04 Å². The van der Waals surface area contributed by atoms with E-state index in [1.165, 1.54) is 6.92 Å². The van der Waals surface area contributed by atoms with E-state index in [4.69, 9.17) is 14.6 Å². The van der Waals surface area contributed by atoms with Gasteiger partial charge in [0, 0.05) is 50.9 Å². The lowest BCUT2D eigenvalue weighted by Crippen LogP contribution is -2.43. The van der Waals surface area contributed by atoms with E-state index >= 15 is 0 Å². The maximum atomic E-state index is 13.8. The fraction of sp³-hybridized carbons (Fsp3) is 0.438. The van der Waals surface area contributed by atoms with Crippen molar-refractivity contribution in [2.75, 3.05) is 31.1 Å². The van der Waals surface area contributed by atoms with E-state index in [1.807, 2.05) is 17.7 Å². The molecule has 2 aliphatic heterocycles. The Kier molecular flexibility index (Phi) is 3.19. The molecule has 1 aromatic carbocycles. The minimum atomic E-state index is -2.11. The van der Waals surface area contributed by atoms with Crippen LogP contribution < -0.4 is 19.7 Å². The molecule has 0 spiro atoms. The first kappa shape index (κ1) is 14.3. The summed E-state index contributed by atoms with van der Waals surface area (Å²) in [6.45, 7) is 7.06. The number of alkyl halides is 1. The molecule has 0 saturated carbocycles. The monoisotopic (exact) mass is 318 g/mol. The number of rotatable bonds is 2. The van der Waals surface area contributed by atoms with Crippen molar-refractivity contribution in [3.8, 4) is 17.2 Å². The van der Waals surface area contributed by atoms with Crippen LogP contribution in [0.5, 0.6) is 11.5 Å². The van der Waals surface area contributed by atoms with Gasteiger partial charge < -0.3 is 19.7 Å². The van der Waals surface area contributed by atoms with Crippen LogP contribution >= 0.6 is 0 Å². The van der Waals surface area contributed by atoms with E-state index in [2.05, 4.69) is 16.3 Å². The van der Waals surface area contributed by atoms with Crippen LogP contribution in [-0.4, -0.2) is 42.0 Å². The molecule has 4 rings (SSSR count). The van der Waals surface area contributed by atoms with Crippen molar-refractivity contribution in [2.45, 2.75) is 19.9 Å². The molecular formula is C16H19FN4O2. The number of benzene rings is 1. The number of ether oxygens (including phenoxy) is 2. The van der Waals surface area contributed by atoms with Gasteiger partial charge in [0.15, 0.2) is 17.3 Å². The van der Waals surface area contributed by atoms with Crippen molar-refractivity contribution >= 4 is 5.82 Å². The summed E-state index contributed by atoms with van der Waals surface area (Å²) in [4.78, 5) is 2.26. The van der Waals surface area contributed by atoms with Crippen molar-refractivity contribution in [3.05, 3.63) is 30.0 Å². The molecule has 1 aromatic heterocycles. The molecule has 1 N–H and O–H groups in total. The molecule has 6 nitrogen and oxygen atoms in total. The topological polar surface area (TPSA) is 51.6 Å². The molecule has 122 valence electrons. The van der Waals surface area contributed by atoms with Gasteiger partial charge in [-0.25, -0.2) is 4.68 Å². The third-order valence-corrected chi connectivity index (χ3v) is 4.07. The van der Waals surface area contributed by atoms with Crippen LogP contribution in [0.4, 0.5) is 10.2 Å². The molecule has 2 aliphatic rings. The zero-order valence-corrected chi connectivity index (χ0v) is 13.2. The number of hydrogen-bond acceptors (Lipinski definition) is 5. The summed E-state index contributed by atoms with van der Waals surface area (Å²) in [6.07, 6.45) is 0. The molecule has 2 aromatic rings. The summed E-state index contributed by atoms with van der Waals surface area (Å²) in [6, 6.07) is 5.27. The molecule has 0 radical (unpaired) electrons. The Hall–Kier alpha value is -2.28. The number of aryl methyl sites for hydroxylation is 1. The van der Waals surface area contributed by atoms with Crippen LogP contribution in [0.3, 0.4) is 0 Å². The van der Waals surface area contributed by atoms with Crippen molar-refractivity contribution < 1.29 is 13.9 Å². The van der Waals surface area contributed by atoms with Crippen molar-refractivity contribution in [1.82, 2.24) is 15.1 Å². The Balaban J connectivity index is 1.65. The fourth-order valence-corrected chi connectivity index (χ4v) is 2.97. The van der Waals surface area contributed by atoms with Crippen LogP contribution in [0.2, 0.25) is 0 Å². The van der Waals surface area contributed by atoms with Crippen LogP contribution in [-0.2, 0) is 0 Å². The number of anilines is 1. The second-order valence-electron chi connectivity index (χ2n) is 5.96. The first-order valence-corrected chi connectivity index (χ1v) is 7.75. The first-order chi connectivity index (χ1) is 11.0. The number of nitrogens with zero attached hydrogens (tertiary/aromatic N) is 3. The Labute approximate surface area is 133 Å². The average molecular weight is 318 g/mol. The Morgan fingerprint density at radius 2 is 1.91 bits per heavy atom. The summed E-state index contributed by atoms with van der Waals surface area (Å²) in [5.74, 6) is 1.76. The zero-order chi connectivity index (χ0) is 16.0. The van der Waals surface area contributed by atoms with Crippen molar-refractivity contribution in [2.24, 2.45) is 0 Å². The highest BCUT2D eigenvalue weighted by molar-refractivity contribution is 5.52. The minimum absolute atomic E-state index is 0.395. The summed E-state index contributed by atoms with van der Waals surface area (Å²) < 4.78 is 25.9. The number of fused-ring (bicyclic) bond motifs is 1. The predicted molar refractivity (Wildman–Crippen MR) is 84.2 cm³/mol. The molecule has 0 aliphatic carbocycles. The normalized spacial score (nSPS) is 23.3. The molecule has 0 bridgehead atoms. The highest BCUT2D eigenvalue weighted by atomic mass is 19.2. The van der Waals surface area contributed by atoms with E-state index in [0.29, 0.717) is 11.5 Å². The lowest BCUT2D eigenvalue weighted by atomic mass is 10.2. The third-order valence-electron chi connectivity index (χ3n) is 4.07. The van der Waals surface area contributed by atoms with E-state index < -0.39 is 6.04 Å². The number of aromatic nitrogens is 2. The molecule has 0 unspecified atom stereocenters. The standard InChI is InChI=1S/C16H19FN4O2/c1-11-9-15(20-7-5-18-6-8-20)19-21(11)12-3-4-13-14(10-12)23-16(2,17)22-13/h3-4,9-10,18H,5-8H2,1-2H3/t16-/m1/s1. The summed E-state index contributed by atoms with van der Waals surface area (Å²) in [5.41, 5.74) is 1.84. The Bertz CT molecular complexity index is 738. The van der Waals surface area contributed by atoms with E-state index in [-0.39, 0.29) is 0 Å². The van der Waals surface area contributed by atoms with Gasteiger partial charge in [-0.1, -0.05) is 0 Å². The molecular weight excluding hydrogens is 299 g/mol. The van der Waals surface area contributed by atoms with Gasteiger partial charge in [-0.15, -0.1) is 0 Å². The fourth-order valence-electron chi connectivity index (χ4n) is 2.97. The van der Waals surface area contributed by atoms with Crippen LogP contribution in [0, 0.1) is 6.92 Å². The molecule has 0 amide bonds. The minimum Gasteiger partial charge on any atom is -0.423 e. The molecule has 3 heterocycles. The van der Waals surface area contributed by atoms with Gasteiger partial charge in [-0.05, 0) is 19.1 Å². The van der Waals surface area contributed by atoms with Gasteiger partial charge in [0.05, 0.1) is 5.69 Å². The van der Waals surface area contributed by atoms with E-state index in [0.717, 1.165) is 43.4 Å². The number of piperazine rings is 1. The number of nitrogens with one attached hydrogen (secondary N) is 1. The SMILES string of the molecule is Cc1cc(N2CCNCC2)nn1-c1ccc2c(c1)O[C@](C)(F)O2. The molecule has 1 saturated heterocycles. The predicted octanol–water partition coefficient (Wildman–Crippen LogP) is 2.00. The summed E-state index contributed by atoms with van der Waals surface area (Å²) in [5, 5.41) is 8.02.